The molecule has 0 bridgehead atoms. The molecule has 0 aliphatic carbocycles. The van der Waals surface area contributed by atoms with Gasteiger partial charge in [-0.15, -0.1) is 0 Å². The normalized spacial score (nSPS) is 14.0. The van der Waals surface area contributed by atoms with Gasteiger partial charge in [-0.1, -0.05) is 76.0 Å². The van der Waals surface area contributed by atoms with Crippen LogP contribution in [0.2, 0.25) is 0 Å². The molecule has 2 rings (SSSR count). The Balaban J connectivity index is 2.15. The zero-order chi connectivity index (χ0) is 17.7. The van der Waals surface area contributed by atoms with Crippen molar-refractivity contribution >= 4 is 31.9 Å². The Morgan fingerprint density at radius 1 is 1.00 bits per heavy atom. The van der Waals surface area contributed by atoms with Crippen LogP contribution in [0.15, 0.2) is 51.4 Å². The molecule has 4 heteroatoms. The fourth-order valence-electron chi connectivity index (χ4n) is 2.79. The molecule has 2 aromatic carbocycles. The zero-order valence-electron chi connectivity index (χ0n) is 14.5. The third-order valence-electron chi connectivity index (χ3n) is 4.56. The molecule has 0 aliphatic rings. The molecule has 1 N–H and O–H groups in total. The van der Waals surface area contributed by atoms with Crippen LogP contribution in [0.1, 0.15) is 32.8 Å². The van der Waals surface area contributed by atoms with E-state index in [1.54, 1.807) is 0 Å². The van der Waals surface area contributed by atoms with Crippen molar-refractivity contribution in [3.63, 3.8) is 0 Å². The molecule has 0 amide bonds. The highest BCUT2D eigenvalue weighted by molar-refractivity contribution is 9.11. The van der Waals surface area contributed by atoms with E-state index in [1.165, 1.54) is 0 Å². The zero-order valence-corrected chi connectivity index (χ0v) is 17.7. The average molecular weight is 455 g/mol. The van der Waals surface area contributed by atoms with Crippen molar-refractivity contribution in [3.05, 3.63) is 57.0 Å². The monoisotopic (exact) mass is 453 g/mol. The fraction of sp³-hybridized carbons (Fsp3) is 0.400. The second-order valence-corrected chi connectivity index (χ2v) is 8.02. The molecular formula is C20H25Br2NO. The van der Waals surface area contributed by atoms with Crippen LogP contribution in [0.4, 0.5) is 0 Å². The molecule has 0 saturated carbocycles. The fourth-order valence-corrected chi connectivity index (χ4v) is 4.07. The minimum atomic E-state index is -0.807. The number of hydrogen-bond donors (Lipinski definition) is 1. The van der Waals surface area contributed by atoms with Gasteiger partial charge in [-0.3, -0.25) is 0 Å². The van der Waals surface area contributed by atoms with Gasteiger partial charge in [0.05, 0.1) is 5.60 Å². The molecule has 0 aliphatic heterocycles. The predicted molar refractivity (Wildman–Crippen MR) is 109 cm³/mol. The van der Waals surface area contributed by atoms with Crippen LogP contribution in [0.3, 0.4) is 0 Å². The van der Waals surface area contributed by atoms with Gasteiger partial charge in [-0.25, -0.2) is 0 Å². The Hall–Kier alpha value is -0.680. The SMILES string of the molecule is CCN(CC)CCC(C)(O)c1ccc(-c2ccc(Br)cc2Br)cc1. The van der Waals surface area contributed by atoms with Crippen molar-refractivity contribution in [2.24, 2.45) is 0 Å². The Kier molecular flexibility index (Phi) is 7.05. The van der Waals surface area contributed by atoms with Gasteiger partial charge >= 0.3 is 0 Å². The van der Waals surface area contributed by atoms with Crippen LogP contribution >= 0.6 is 31.9 Å². The molecule has 0 radical (unpaired) electrons. The first kappa shape index (κ1) is 19.6. The van der Waals surface area contributed by atoms with Crippen LogP contribution in [0, 0.1) is 0 Å². The van der Waals surface area contributed by atoms with Crippen LogP contribution in [-0.4, -0.2) is 29.6 Å². The summed E-state index contributed by atoms with van der Waals surface area (Å²) in [5, 5.41) is 10.8. The quantitative estimate of drug-likeness (QED) is 0.569. The molecule has 24 heavy (non-hydrogen) atoms. The molecule has 2 aromatic rings. The Morgan fingerprint density at radius 3 is 2.17 bits per heavy atom. The van der Waals surface area contributed by atoms with E-state index in [0.29, 0.717) is 0 Å². The standard InChI is InChI=1S/C20H25Br2NO/c1-4-23(5-2)13-12-20(3,24)16-8-6-15(7-9-16)18-11-10-17(21)14-19(18)22/h6-11,14,24H,4-5,12-13H2,1-3H3. The van der Waals surface area contributed by atoms with Crippen molar-refractivity contribution in [1.29, 1.82) is 0 Å². The van der Waals surface area contributed by atoms with E-state index in [1.807, 2.05) is 31.2 Å². The molecule has 0 spiro atoms. The first-order valence-corrected chi connectivity index (χ1v) is 9.96. The highest BCUT2D eigenvalue weighted by Crippen LogP contribution is 2.32. The first-order chi connectivity index (χ1) is 11.4. The third-order valence-corrected chi connectivity index (χ3v) is 5.71. The van der Waals surface area contributed by atoms with Crippen LogP contribution < -0.4 is 0 Å². The summed E-state index contributed by atoms with van der Waals surface area (Å²) in [5.41, 5.74) is 2.44. The van der Waals surface area contributed by atoms with E-state index in [9.17, 15) is 5.11 Å². The van der Waals surface area contributed by atoms with Gasteiger partial charge in [0.25, 0.3) is 0 Å². The molecule has 1 atom stereocenters. The number of hydrogen-bond acceptors (Lipinski definition) is 2. The lowest BCUT2D eigenvalue weighted by Gasteiger charge is -2.28. The van der Waals surface area contributed by atoms with Gasteiger partial charge in [0.2, 0.25) is 0 Å². The Morgan fingerprint density at radius 2 is 1.62 bits per heavy atom. The number of benzene rings is 2. The lowest BCUT2D eigenvalue weighted by Crippen LogP contribution is -2.31. The van der Waals surface area contributed by atoms with E-state index in [-0.39, 0.29) is 0 Å². The number of aliphatic hydroxyl groups is 1. The van der Waals surface area contributed by atoms with Crippen LogP contribution in [0.5, 0.6) is 0 Å². The largest absolute Gasteiger partial charge is 0.385 e. The molecule has 2 nitrogen and oxygen atoms in total. The van der Waals surface area contributed by atoms with Gasteiger partial charge < -0.3 is 10.0 Å². The highest BCUT2D eigenvalue weighted by atomic mass is 79.9. The van der Waals surface area contributed by atoms with E-state index in [4.69, 9.17) is 0 Å². The summed E-state index contributed by atoms with van der Waals surface area (Å²) in [5.74, 6) is 0. The van der Waals surface area contributed by atoms with E-state index in [2.05, 4.69) is 68.8 Å². The predicted octanol–water partition coefficient (Wildman–Crippen LogP) is 5.82. The topological polar surface area (TPSA) is 23.5 Å². The molecular weight excluding hydrogens is 430 g/mol. The Bertz CT molecular complexity index is 664. The third kappa shape index (κ3) is 4.92. The van der Waals surface area contributed by atoms with E-state index < -0.39 is 5.60 Å². The van der Waals surface area contributed by atoms with Gasteiger partial charge in [-0.2, -0.15) is 0 Å². The van der Waals surface area contributed by atoms with Crippen molar-refractivity contribution in [2.45, 2.75) is 32.8 Å². The van der Waals surface area contributed by atoms with Crippen molar-refractivity contribution < 1.29 is 5.11 Å². The second kappa shape index (κ2) is 8.61. The summed E-state index contributed by atoms with van der Waals surface area (Å²) in [7, 11) is 0. The molecule has 1 unspecified atom stereocenters. The van der Waals surface area contributed by atoms with Gasteiger partial charge in [0.1, 0.15) is 0 Å². The minimum Gasteiger partial charge on any atom is -0.385 e. The minimum absolute atomic E-state index is 0.732. The molecule has 0 aromatic heterocycles. The van der Waals surface area contributed by atoms with Crippen molar-refractivity contribution in [1.82, 2.24) is 4.90 Å². The maximum absolute atomic E-state index is 10.8. The maximum atomic E-state index is 10.8. The summed E-state index contributed by atoms with van der Waals surface area (Å²) < 4.78 is 2.10. The lowest BCUT2D eigenvalue weighted by atomic mass is 9.91. The second-order valence-electron chi connectivity index (χ2n) is 6.25. The van der Waals surface area contributed by atoms with E-state index in [0.717, 1.165) is 51.7 Å². The molecule has 130 valence electrons. The molecule has 0 saturated heterocycles. The van der Waals surface area contributed by atoms with Crippen molar-refractivity contribution in [2.75, 3.05) is 19.6 Å². The lowest BCUT2D eigenvalue weighted by molar-refractivity contribution is 0.0369. The number of rotatable bonds is 7. The summed E-state index contributed by atoms with van der Waals surface area (Å²) in [6.45, 7) is 9.15. The maximum Gasteiger partial charge on any atom is 0.0880 e. The van der Waals surface area contributed by atoms with E-state index >= 15 is 0 Å². The number of nitrogens with zero attached hydrogens (tertiary/aromatic N) is 1. The number of halogens is 2. The molecule has 0 fully saturated rings. The first-order valence-electron chi connectivity index (χ1n) is 8.38. The van der Waals surface area contributed by atoms with Gasteiger partial charge in [0, 0.05) is 15.5 Å². The average Bonchev–Trinajstić information content (AvgIpc) is 2.56. The smallest absolute Gasteiger partial charge is 0.0880 e. The van der Waals surface area contributed by atoms with Gasteiger partial charge in [0.15, 0.2) is 0 Å². The van der Waals surface area contributed by atoms with Crippen molar-refractivity contribution in [3.8, 4) is 11.1 Å². The van der Waals surface area contributed by atoms with Crippen LogP contribution in [0.25, 0.3) is 11.1 Å². The summed E-state index contributed by atoms with van der Waals surface area (Å²) >= 11 is 7.09. The van der Waals surface area contributed by atoms with Crippen LogP contribution in [-0.2, 0) is 5.60 Å². The summed E-state index contributed by atoms with van der Waals surface area (Å²) in [4.78, 5) is 2.34. The molecule has 0 heterocycles. The highest BCUT2D eigenvalue weighted by Gasteiger charge is 2.23. The van der Waals surface area contributed by atoms with Gasteiger partial charge in [-0.05, 0) is 55.3 Å². The summed E-state index contributed by atoms with van der Waals surface area (Å²) in [6, 6.07) is 14.4. The summed E-state index contributed by atoms with van der Waals surface area (Å²) in [6.07, 6.45) is 0.732. The Labute approximate surface area is 162 Å².